The number of halogens is 1. The molecule has 1 amide bonds. The van der Waals surface area contributed by atoms with Crippen LogP contribution in [0.25, 0.3) is 0 Å². The molecule has 1 rings (SSSR count). The van der Waals surface area contributed by atoms with E-state index in [1.165, 1.54) is 5.56 Å². The maximum Gasteiger partial charge on any atom is 0.226 e. The zero-order valence-corrected chi connectivity index (χ0v) is 11.3. The van der Waals surface area contributed by atoms with Gasteiger partial charge in [0.25, 0.3) is 0 Å². The van der Waals surface area contributed by atoms with Gasteiger partial charge in [-0.25, -0.2) is 0 Å². The predicted molar refractivity (Wildman–Crippen MR) is 72.3 cm³/mol. The lowest BCUT2D eigenvalue weighted by Gasteiger charge is -2.23. The third kappa shape index (κ3) is 4.39. The third-order valence-corrected chi connectivity index (χ3v) is 3.32. The van der Waals surface area contributed by atoms with Gasteiger partial charge in [0, 0.05) is 24.9 Å². The number of alkyl halides is 1. The smallest absolute Gasteiger partial charge is 0.226 e. The first kappa shape index (κ1) is 14.0. The molecule has 3 heteroatoms. The van der Waals surface area contributed by atoms with Crippen molar-refractivity contribution >= 4 is 17.5 Å². The van der Waals surface area contributed by atoms with Crippen molar-refractivity contribution in [2.45, 2.75) is 20.3 Å². The largest absolute Gasteiger partial charge is 0.342 e. The topological polar surface area (TPSA) is 20.3 Å². The number of benzene rings is 1. The minimum atomic E-state index is -0.0904. The number of likely N-dealkylation sites (N-methyl/N-ethyl adjacent to an activating group) is 1. The molecular weight excluding hydrogens is 234 g/mol. The molecule has 0 N–H and O–H groups in total. The number of carbonyl (C=O) groups excluding carboxylic acids is 1. The fourth-order valence-electron chi connectivity index (χ4n) is 1.71. The van der Waals surface area contributed by atoms with E-state index in [1.807, 2.05) is 36.9 Å². The van der Waals surface area contributed by atoms with E-state index in [0.29, 0.717) is 5.88 Å². The summed E-state index contributed by atoms with van der Waals surface area (Å²) in [5, 5.41) is 0. The van der Waals surface area contributed by atoms with Gasteiger partial charge in [-0.3, -0.25) is 4.79 Å². The van der Waals surface area contributed by atoms with E-state index in [0.717, 1.165) is 19.5 Å². The van der Waals surface area contributed by atoms with Crippen LogP contribution in [0.4, 0.5) is 0 Å². The highest BCUT2D eigenvalue weighted by Crippen LogP contribution is 2.07. The summed E-state index contributed by atoms with van der Waals surface area (Å²) in [6.07, 6.45) is 0.898. The summed E-state index contributed by atoms with van der Waals surface area (Å²) in [5.41, 5.74) is 1.26. The summed E-state index contributed by atoms with van der Waals surface area (Å²) in [7, 11) is 0. The summed E-state index contributed by atoms with van der Waals surface area (Å²) >= 11 is 5.72. The Labute approximate surface area is 109 Å². The van der Waals surface area contributed by atoms with Crippen molar-refractivity contribution in [3.63, 3.8) is 0 Å². The quantitative estimate of drug-likeness (QED) is 0.714. The number of hydrogen-bond donors (Lipinski definition) is 0. The number of amides is 1. The maximum atomic E-state index is 12.0. The number of carbonyl (C=O) groups is 1. The van der Waals surface area contributed by atoms with E-state index in [4.69, 9.17) is 11.6 Å². The van der Waals surface area contributed by atoms with Crippen molar-refractivity contribution in [3.05, 3.63) is 35.9 Å². The van der Waals surface area contributed by atoms with Gasteiger partial charge in [0.1, 0.15) is 0 Å². The highest BCUT2D eigenvalue weighted by atomic mass is 35.5. The molecule has 0 radical (unpaired) electrons. The van der Waals surface area contributed by atoms with Crippen LogP contribution in [0.15, 0.2) is 30.3 Å². The lowest BCUT2D eigenvalue weighted by atomic mass is 10.1. The van der Waals surface area contributed by atoms with Crippen LogP contribution in [-0.2, 0) is 11.2 Å². The monoisotopic (exact) mass is 253 g/mol. The average molecular weight is 254 g/mol. The molecule has 0 aliphatic carbocycles. The molecule has 0 aromatic heterocycles. The summed E-state index contributed by atoms with van der Waals surface area (Å²) < 4.78 is 0. The van der Waals surface area contributed by atoms with Crippen LogP contribution in [0.1, 0.15) is 19.4 Å². The maximum absolute atomic E-state index is 12.0. The summed E-state index contributed by atoms with van der Waals surface area (Å²) in [6.45, 7) is 5.39. The second-order valence-electron chi connectivity index (χ2n) is 4.21. The van der Waals surface area contributed by atoms with Gasteiger partial charge in [0.05, 0.1) is 0 Å². The van der Waals surface area contributed by atoms with Gasteiger partial charge in [-0.1, -0.05) is 37.3 Å². The lowest BCUT2D eigenvalue weighted by Crippen LogP contribution is -2.37. The van der Waals surface area contributed by atoms with Gasteiger partial charge in [-0.05, 0) is 18.9 Å². The molecule has 1 atom stereocenters. The van der Waals surface area contributed by atoms with E-state index in [2.05, 4.69) is 12.1 Å². The Morgan fingerprint density at radius 2 is 2.00 bits per heavy atom. The standard InChI is InChI=1S/C14H20ClNO/c1-3-16(14(17)12(2)11-15)10-9-13-7-5-4-6-8-13/h4-8,12H,3,9-11H2,1-2H3. The zero-order valence-electron chi connectivity index (χ0n) is 10.5. The lowest BCUT2D eigenvalue weighted by molar-refractivity contribution is -0.134. The highest BCUT2D eigenvalue weighted by molar-refractivity contribution is 6.19. The fraction of sp³-hybridized carbons (Fsp3) is 0.500. The molecule has 0 fully saturated rings. The number of nitrogens with zero attached hydrogens (tertiary/aromatic N) is 1. The van der Waals surface area contributed by atoms with Crippen LogP contribution in [0.3, 0.4) is 0 Å². The molecular formula is C14H20ClNO. The molecule has 0 heterocycles. The van der Waals surface area contributed by atoms with Gasteiger partial charge in [-0.2, -0.15) is 0 Å². The first-order chi connectivity index (χ1) is 8.19. The van der Waals surface area contributed by atoms with Crippen molar-refractivity contribution in [2.75, 3.05) is 19.0 Å². The molecule has 1 aromatic rings. The van der Waals surface area contributed by atoms with E-state index >= 15 is 0 Å². The SMILES string of the molecule is CCN(CCc1ccccc1)C(=O)C(C)CCl. The van der Waals surface area contributed by atoms with Crippen molar-refractivity contribution in [1.29, 1.82) is 0 Å². The number of rotatable bonds is 6. The summed E-state index contributed by atoms with van der Waals surface area (Å²) in [5.74, 6) is 0.450. The van der Waals surface area contributed by atoms with Crippen molar-refractivity contribution < 1.29 is 4.79 Å². The van der Waals surface area contributed by atoms with E-state index in [1.54, 1.807) is 0 Å². The molecule has 0 bridgehead atoms. The van der Waals surface area contributed by atoms with Gasteiger partial charge < -0.3 is 4.90 Å². The van der Waals surface area contributed by atoms with Crippen molar-refractivity contribution in [2.24, 2.45) is 5.92 Å². The molecule has 0 aliphatic heterocycles. The molecule has 0 aliphatic rings. The molecule has 1 unspecified atom stereocenters. The Morgan fingerprint density at radius 3 is 2.53 bits per heavy atom. The molecule has 2 nitrogen and oxygen atoms in total. The van der Waals surface area contributed by atoms with Crippen LogP contribution < -0.4 is 0 Å². The van der Waals surface area contributed by atoms with Crippen LogP contribution >= 0.6 is 11.6 Å². The van der Waals surface area contributed by atoms with Crippen LogP contribution in [0, 0.1) is 5.92 Å². The Balaban J connectivity index is 2.50. The van der Waals surface area contributed by atoms with Gasteiger partial charge in [0.2, 0.25) is 5.91 Å². The molecule has 1 aromatic carbocycles. The zero-order chi connectivity index (χ0) is 12.7. The Kier molecular flexibility index (Phi) is 6.06. The van der Waals surface area contributed by atoms with Crippen molar-refractivity contribution in [3.8, 4) is 0 Å². The summed E-state index contributed by atoms with van der Waals surface area (Å²) in [4.78, 5) is 13.8. The van der Waals surface area contributed by atoms with E-state index in [9.17, 15) is 4.79 Å². The van der Waals surface area contributed by atoms with Gasteiger partial charge >= 0.3 is 0 Å². The van der Waals surface area contributed by atoms with E-state index < -0.39 is 0 Å². The van der Waals surface area contributed by atoms with Crippen LogP contribution in [0.2, 0.25) is 0 Å². The first-order valence-electron chi connectivity index (χ1n) is 6.07. The van der Waals surface area contributed by atoms with Crippen LogP contribution in [-0.4, -0.2) is 29.8 Å². The fourth-order valence-corrected chi connectivity index (χ4v) is 1.84. The second-order valence-corrected chi connectivity index (χ2v) is 4.52. The highest BCUT2D eigenvalue weighted by Gasteiger charge is 2.17. The Hall–Kier alpha value is -1.02. The van der Waals surface area contributed by atoms with Gasteiger partial charge in [-0.15, -0.1) is 11.6 Å². The van der Waals surface area contributed by atoms with Crippen LogP contribution in [0.5, 0.6) is 0 Å². The number of hydrogen-bond acceptors (Lipinski definition) is 1. The predicted octanol–water partition coefficient (Wildman–Crippen LogP) is 2.95. The molecule has 17 heavy (non-hydrogen) atoms. The van der Waals surface area contributed by atoms with Gasteiger partial charge in [0.15, 0.2) is 0 Å². The third-order valence-electron chi connectivity index (χ3n) is 2.86. The minimum absolute atomic E-state index is 0.0904. The average Bonchev–Trinajstić information content (AvgIpc) is 2.39. The minimum Gasteiger partial charge on any atom is -0.342 e. The first-order valence-corrected chi connectivity index (χ1v) is 6.61. The molecule has 0 spiro atoms. The summed E-state index contributed by atoms with van der Waals surface area (Å²) in [6, 6.07) is 10.2. The van der Waals surface area contributed by atoms with Crippen molar-refractivity contribution in [1.82, 2.24) is 4.90 Å². The molecule has 0 saturated heterocycles. The molecule has 94 valence electrons. The Bertz CT molecular complexity index is 339. The normalized spacial score (nSPS) is 12.2. The molecule has 0 saturated carbocycles. The Morgan fingerprint density at radius 1 is 1.35 bits per heavy atom. The van der Waals surface area contributed by atoms with E-state index in [-0.39, 0.29) is 11.8 Å². The second kappa shape index (κ2) is 7.33.